The highest BCUT2D eigenvalue weighted by molar-refractivity contribution is 5.94. The second-order valence-corrected chi connectivity index (χ2v) is 6.94. The number of carbonyl (C=O) groups is 2. The van der Waals surface area contributed by atoms with Crippen molar-refractivity contribution in [2.24, 2.45) is 0 Å². The summed E-state index contributed by atoms with van der Waals surface area (Å²) in [5.74, 6) is -0.148. The Balaban J connectivity index is 1.90. The monoisotopic (exact) mass is 450 g/mol. The standard InChI is InChI=1S/C23H25F3N2O4/c1-4-5-16-8-11-19(20(12-16)31-3)32-14-21(29)28(2)13-17-6-9-18(10-7-17)22(30)27-15-23(24,25)26/h4-12H,13-15H2,1-3H3,(H,27,30)/b5-4+. The quantitative estimate of drug-likeness (QED) is 0.626. The van der Waals surface area contributed by atoms with Crippen LogP contribution in [0.5, 0.6) is 11.5 Å². The average molecular weight is 450 g/mol. The molecule has 0 atom stereocenters. The predicted octanol–water partition coefficient (Wildman–Crippen LogP) is 4.06. The van der Waals surface area contributed by atoms with Crippen molar-refractivity contribution in [1.29, 1.82) is 0 Å². The molecule has 0 unspecified atom stereocenters. The highest BCUT2D eigenvalue weighted by Crippen LogP contribution is 2.28. The van der Waals surface area contributed by atoms with Crippen molar-refractivity contribution in [1.82, 2.24) is 10.2 Å². The molecule has 2 aromatic carbocycles. The zero-order valence-electron chi connectivity index (χ0n) is 18.0. The molecule has 172 valence electrons. The minimum atomic E-state index is -4.47. The Morgan fingerprint density at radius 2 is 1.78 bits per heavy atom. The van der Waals surface area contributed by atoms with Gasteiger partial charge in [0, 0.05) is 19.2 Å². The number of rotatable bonds is 9. The molecular weight excluding hydrogens is 425 g/mol. The van der Waals surface area contributed by atoms with E-state index in [9.17, 15) is 22.8 Å². The van der Waals surface area contributed by atoms with Gasteiger partial charge >= 0.3 is 6.18 Å². The molecule has 1 N–H and O–H groups in total. The van der Waals surface area contributed by atoms with Gasteiger partial charge < -0.3 is 19.7 Å². The predicted molar refractivity (Wildman–Crippen MR) is 115 cm³/mol. The second-order valence-electron chi connectivity index (χ2n) is 6.94. The molecule has 2 amide bonds. The molecule has 0 spiro atoms. The topological polar surface area (TPSA) is 67.9 Å². The Morgan fingerprint density at radius 3 is 2.38 bits per heavy atom. The van der Waals surface area contributed by atoms with E-state index >= 15 is 0 Å². The summed E-state index contributed by atoms with van der Waals surface area (Å²) in [6, 6.07) is 11.4. The number of halogens is 3. The van der Waals surface area contributed by atoms with E-state index in [1.807, 2.05) is 30.5 Å². The van der Waals surface area contributed by atoms with Crippen LogP contribution >= 0.6 is 0 Å². The maximum Gasteiger partial charge on any atom is 0.405 e. The molecule has 0 saturated heterocycles. The van der Waals surface area contributed by atoms with Crippen molar-refractivity contribution in [2.75, 3.05) is 27.3 Å². The van der Waals surface area contributed by atoms with Crippen LogP contribution in [0.15, 0.2) is 48.5 Å². The lowest BCUT2D eigenvalue weighted by molar-refractivity contribution is -0.132. The molecular formula is C23H25F3N2O4. The summed E-state index contributed by atoms with van der Waals surface area (Å²) < 4.78 is 47.5. The Bertz CT molecular complexity index is 957. The first kappa shape index (κ1) is 24.8. The first-order chi connectivity index (χ1) is 15.1. The van der Waals surface area contributed by atoms with Crippen molar-refractivity contribution >= 4 is 17.9 Å². The number of hydrogen-bond acceptors (Lipinski definition) is 4. The summed E-state index contributed by atoms with van der Waals surface area (Å²) in [6.07, 6.45) is -0.662. The third-order valence-corrected chi connectivity index (χ3v) is 4.41. The van der Waals surface area contributed by atoms with Crippen LogP contribution in [0.4, 0.5) is 13.2 Å². The van der Waals surface area contributed by atoms with E-state index in [0.717, 1.165) is 5.56 Å². The molecule has 6 nitrogen and oxygen atoms in total. The van der Waals surface area contributed by atoms with Crippen molar-refractivity contribution in [3.05, 3.63) is 65.2 Å². The third kappa shape index (κ3) is 7.64. The van der Waals surface area contributed by atoms with Gasteiger partial charge in [-0.1, -0.05) is 30.4 Å². The van der Waals surface area contributed by atoms with Gasteiger partial charge in [-0.3, -0.25) is 9.59 Å². The Hall–Kier alpha value is -3.49. The number of alkyl halides is 3. The van der Waals surface area contributed by atoms with Crippen LogP contribution in [0.2, 0.25) is 0 Å². The fraction of sp³-hybridized carbons (Fsp3) is 0.304. The van der Waals surface area contributed by atoms with Crippen molar-refractivity contribution in [2.45, 2.75) is 19.6 Å². The normalized spacial score (nSPS) is 11.3. The number of methoxy groups -OCH3 is 1. The van der Waals surface area contributed by atoms with Gasteiger partial charge in [0.2, 0.25) is 0 Å². The van der Waals surface area contributed by atoms with Crippen LogP contribution in [0.1, 0.15) is 28.4 Å². The molecule has 0 bridgehead atoms. The maximum absolute atomic E-state index is 12.4. The summed E-state index contributed by atoms with van der Waals surface area (Å²) in [4.78, 5) is 25.6. The number of nitrogens with zero attached hydrogens (tertiary/aromatic N) is 1. The molecule has 0 fully saturated rings. The number of likely N-dealkylation sites (N-methyl/N-ethyl adjacent to an activating group) is 1. The fourth-order valence-corrected chi connectivity index (χ4v) is 2.76. The number of nitrogens with one attached hydrogen (secondary N) is 1. The number of allylic oxidation sites excluding steroid dienone is 1. The molecule has 2 aromatic rings. The van der Waals surface area contributed by atoms with Crippen LogP contribution in [-0.4, -0.2) is 50.2 Å². The van der Waals surface area contributed by atoms with E-state index in [2.05, 4.69) is 0 Å². The van der Waals surface area contributed by atoms with Gasteiger partial charge in [-0.25, -0.2) is 0 Å². The average Bonchev–Trinajstić information content (AvgIpc) is 2.76. The molecule has 0 aliphatic rings. The molecule has 0 aliphatic heterocycles. The number of hydrogen-bond donors (Lipinski definition) is 1. The second kappa shape index (κ2) is 11.2. The molecule has 0 aromatic heterocycles. The number of carbonyl (C=O) groups excluding carboxylic acids is 2. The van der Waals surface area contributed by atoms with E-state index in [1.54, 1.807) is 31.3 Å². The smallest absolute Gasteiger partial charge is 0.405 e. The number of ether oxygens (including phenoxy) is 2. The van der Waals surface area contributed by atoms with Crippen molar-refractivity contribution in [3.8, 4) is 11.5 Å². The zero-order valence-corrected chi connectivity index (χ0v) is 18.0. The van der Waals surface area contributed by atoms with Gasteiger partial charge in [0.15, 0.2) is 18.1 Å². The van der Waals surface area contributed by atoms with Gasteiger partial charge in [-0.05, 0) is 42.3 Å². The van der Waals surface area contributed by atoms with E-state index < -0.39 is 18.6 Å². The number of amides is 2. The molecule has 0 aliphatic carbocycles. The number of benzene rings is 2. The first-order valence-electron chi connectivity index (χ1n) is 9.74. The first-order valence-corrected chi connectivity index (χ1v) is 9.74. The summed E-state index contributed by atoms with van der Waals surface area (Å²) in [6.45, 7) is 0.549. The maximum atomic E-state index is 12.4. The van der Waals surface area contributed by atoms with E-state index in [1.165, 1.54) is 24.1 Å². The highest BCUT2D eigenvalue weighted by Gasteiger charge is 2.27. The van der Waals surface area contributed by atoms with Crippen LogP contribution < -0.4 is 14.8 Å². The van der Waals surface area contributed by atoms with E-state index in [4.69, 9.17) is 9.47 Å². The molecule has 9 heteroatoms. The molecule has 32 heavy (non-hydrogen) atoms. The lowest BCUT2D eigenvalue weighted by Crippen LogP contribution is -2.33. The van der Waals surface area contributed by atoms with Gasteiger partial charge in [0.25, 0.3) is 11.8 Å². The molecule has 2 rings (SSSR count). The van der Waals surface area contributed by atoms with Crippen LogP contribution in [0.3, 0.4) is 0 Å². The van der Waals surface area contributed by atoms with Gasteiger partial charge in [0.1, 0.15) is 6.54 Å². The summed E-state index contributed by atoms with van der Waals surface area (Å²) >= 11 is 0. The highest BCUT2D eigenvalue weighted by atomic mass is 19.4. The van der Waals surface area contributed by atoms with Gasteiger partial charge in [-0.2, -0.15) is 13.2 Å². The fourth-order valence-electron chi connectivity index (χ4n) is 2.76. The summed E-state index contributed by atoms with van der Waals surface area (Å²) in [7, 11) is 3.12. The Morgan fingerprint density at radius 1 is 1.09 bits per heavy atom. The molecule has 0 saturated carbocycles. The zero-order chi connectivity index (χ0) is 23.7. The minimum absolute atomic E-state index is 0.101. The van der Waals surface area contributed by atoms with E-state index in [0.29, 0.717) is 17.1 Å². The molecule has 0 heterocycles. The molecule has 0 radical (unpaired) electrons. The Labute approximate surface area is 184 Å². The summed E-state index contributed by atoms with van der Waals surface area (Å²) in [5, 5.41) is 1.81. The van der Waals surface area contributed by atoms with E-state index in [-0.39, 0.29) is 24.6 Å². The lowest BCUT2D eigenvalue weighted by Gasteiger charge is -2.18. The van der Waals surface area contributed by atoms with Gasteiger partial charge in [-0.15, -0.1) is 0 Å². The lowest BCUT2D eigenvalue weighted by atomic mass is 10.1. The van der Waals surface area contributed by atoms with Gasteiger partial charge in [0.05, 0.1) is 7.11 Å². The third-order valence-electron chi connectivity index (χ3n) is 4.41. The largest absolute Gasteiger partial charge is 0.493 e. The summed E-state index contributed by atoms with van der Waals surface area (Å²) in [5.41, 5.74) is 1.75. The minimum Gasteiger partial charge on any atom is -0.493 e. The van der Waals surface area contributed by atoms with Crippen molar-refractivity contribution < 1.29 is 32.2 Å². The SMILES string of the molecule is C/C=C/c1ccc(OCC(=O)N(C)Cc2ccc(C(=O)NCC(F)(F)F)cc2)c(OC)c1. The Kier molecular flexibility index (Phi) is 8.69. The van der Waals surface area contributed by atoms with Crippen LogP contribution in [0, 0.1) is 0 Å². The van der Waals surface area contributed by atoms with Crippen LogP contribution in [0.25, 0.3) is 6.08 Å². The van der Waals surface area contributed by atoms with Crippen LogP contribution in [-0.2, 0) is 11.3 Å². The van der Waals surface area contributed by atoms with Crippen molar-refractivity contribution in [3.63, 3.8) is 0 Å².